The second-order valence-corrected chi connectivity index (χ2v) is 6.64. The van der Waals surface area contributed by atoms with Crippen molar-refractivity contribution in [3.8, 4) is 0 Å². The second-order valence-electron chi connectivity index (χ2n) is 6.64. The minimum Gasteiger partial charge on any atom is -0.398 e. The average molecular weight is 400 g/mol. The largest absolute Gasteiger partial charge is 0.398 e. The van der Waals surface area contributed by atoms with E-state index < -0.39 is 10.7 Å². The zero-order chi connectivity index (χ0) is 21.3. The Morgan fingerprint density at radius 2 is 1.27 bits per heavy atom. The third-order valence-electron chi connectivity index (χ3n) is 4.58. The maximum Gasteiger partial charge on any atom is 0.273 e. The van der Waals surface area contributed by atoms with Gasteiger partial charge in [0, 0.05) is 40.3 Å². The van der Waals surface area contributed by atoms with Gasteiger partial charge >= 0.3 is 0 Å². The van der Waals surface area contributed by atoms with Crippen LogP contribution in [-0.4, -0.2) is 16.5 Å². The lowest BCUT2D eigenvalue weighted by molar-refractivity contribution is -0.384. The van der Waals surface area contributed by atoms with Gasteiger partial charge in [-0.25, -0.2) is 0 Å². The molecule has 0 radical (unpaired) electrons. The van der Waals surface area contributed by atoms with E-state index in [1.807, 2.05) is 6.07 Å². The van der Waals surface area contributed by atoms with Crippen LogP contribution in [0.15, 0.2) is 84.2 Å². The molecule has 4 N–H and O–H groups in total. The van der Waals surface area contributed by atoms with Crippen molar-refractivity contribution in [2.45, 2.75) is 0 Å². The highest BCUT2D eigenvalue weighted by Crippen LogP contribution is 2.30. The maximum atomic E-state index is 13.2. The Morgan fingerprint density at radius 1 is 0.733 bits per heavy atom. The normalized spacial score (nSPS) is 13.1. The Hall–Kier alpha value is -4.46. The molecule has 0 unspecified atom stereocenters. The van der Waals surface area contributed by atoms with Crippen molar-refractivity contribution in [2.75, 3.05) is 16.4 Å². The van der Waals surface area contributed by atoms with Gasteiger partial charge in [0.05, 0.1) is 4.92 Å². The molecule has 0 atom stereocenters. The van der Waals surface area contributed by atoms with Crippen LogP contribution in [0, 0.1) is 10.1 Å². The number of nitrogen functional groups attached to an aromatic ring is 1. The van der Waals surface area contributed by atoms with Gasteiger partial charge in [-0.1, -0.05) is 42.5 Å². The minimum absolute atomic E-state index is 0.0116. The Bertz CT molecular complexity index is 1220. The first-order valence-corrected chi connectivity index (χ1v) is 9.01. The fourth-order valence-electron chi connectivity index (χ4n) is 3.24. The van der Waals surface area contributed by atoms with Crippen LogP contribution < -0.4 is 16.4 Å². The fraction of sp³-hybridized carbons (Fsp3) is 0. The predicted octanol–water partition coefficient (Wildman–Crippen LogP) is 3.99. The van der Waals surface area contributed by atoms with Crippen LogP contribution >= 0.6 is 0 Å². The topological polar surface area (TPSA) is 127 Å². The number of nitrogens with zero attached hydrogens (tertiary/aromatic N) is 1. The molecular weight excluding hydrogens is 384 g/mol. The second kappa shape index (κ2) is 7.51. The van der Waals surface area contributed by atoms with Crippen LogP contribution in [-0.2, 0) is 0 Å². The molecule has 4 rings (SSSR count). The number of carbonyl (C=O) groups excluding carboxylic acids is 2. The number of ketones is 2. The summed E-state index contributed by atoms with van der Waals surface area (Å²) in [5, 5.41) is 17.0. The summed E-state index contributed by atoms with van der Waals surface area (Å²) >= 11 is 0. The number of nitrogens with one attached hydrogen (secondary N) is 2. The van der Waals surface area contributed by atoms with Crippen molar-refractivity contribution < 1.29 is 14.5 Å². The van der Waals surface area contributed by atoms with E-state index in [2.05, 4.69) is 10.6 Å². The van der Waals surface area contributed by atoms with Crippen molar-refractivity contribution >= 4 is 34.3 Å². The molecule has 0 spiro atoms. The number of nitro benzene ring substituents is 1. The summed E-state index contributed by atoms with van der Waals surface area (Å²) < 4.78 is 0. The Labute approximate surface area is 171 Å². The van der Waals surface area contributed by atoms with Gasteiger partial charge in [0.15, 0.2) is 0 Å². The van der Waals surface area contributed by atoms with E-state index in [0.717, 1.165) is 0 Å². The molecule has 0 saturated heterocycles. The summed E-state index contributed by atoms with van der Waals surface area (Å²) in [5.41, 5.74) is 7.11. The molecule has 0 saturated carbocycles. The Morgan fingerprint density at radius 3 is 1.83 bits per heavy atom. The lowest BCUT2D eigenvalue weighted by Gasteiger charge is -2.23. The van der Waals surface area contributed by atoms with Crippen LogP contribution in [0.25, 0.3) is 0 Å². The van der Waals surface area contributed by atoms with Crippen molar-refractivity contribution in [2.24, 2.45) is 0 Å². The highest BCUT2D eigenvalue weighted by Gasteiger charge is 2.32. The molecule has 8 heteroatoms. The number of benzene rings is 3. The lowest BCUT2D eigenvalue weighted by atomic mass is 9.90. The van der Waals surface area contributed by atoms with Crippen molar-refractivity contribution in [3.05, 3.63) is 105 Å². The van der Waals surface area contributed by atoms with E-state index in [1.165, 1.54) is 18.2 Å². The van der Waals surface area contributed by atoms with E-state index in [0.29, 0.717) is 5.69 Å². The Kier molecular flexibility index (Phi) is 4.73. The van der Waals surface area contributed by atoms with E-state index >= 15 is 0 Å². The molecule has 0 aliphatic heterocycles. The van der Waals surface area contributed by atoms with Crippen LogP contribution in [0.2, 0.25) is 0 Å². The van der Waals surface area contributed by atoms with E-state index in [4.69, 9.17) is 5.73 Å². The summed E-state index contributed by atoms with van der Waals surface area (Å²) in [5.74, 6) is -0.774. The molecule has 8 nitrogen and oxygen atoms in total. The molecule has 0 heterocycles. The molecule has 0 fully saturated rings. The van der Waals surface area contributed by atoms with Gasteiger partial charge < -0.3 is 16.4 Å². The third kappa shape index (κ3) is 3.49. The average Bonchev–Trinajstić information content (AvgIpc) is 2.74. The molecule has 0 aromatic heterocycles. The van der Waals surface area contributed by atoms with Gasteiger partial charge in [-0.3, -0.25) is 19.7 Å². The number of nitrogens with two attached hydrogens (primary N) is 1. The zero-order valence-electron chi connectivity index (χ0n) is 15.6. The quantitative estimate of drug-likeness (QED) is 0.336. The summed E-state index contributed by atoms with van der Waals surface area (Å²) in [7, 11) is 0. The highest BCUT2D eigenvalue weighted by atomic mass is 16.6. The molecule has 1 aliphatic carbocycles. The molecule has 1 aliphatic rings. The first kappa shape index (κ1) is 18.9. The number of anilines is 3. The van der Waals surface area contributed by atoms with Crippen LogP contribution in [0.5, 0.6) is 0 Å². The van der Waals surface area contributed by atoms with E-state index in [1.54, 1.807) is 48.5 Å². The van der Waals surface area contributed by atoms with E-state index in [9.17, 15) is 19.7 Å². The van der Waals surface area contributed by atoms with Gasteiger partial charge in [-0.05, 0) is 18.2 Å². The Balaban J connectivity index is 1.83. The van der Waals surface area contributed by atoms with Gasteiger partial charge in [-0.2, -0.15) is 0 Å². The number of nitro groups is 1. The minimum atomic E-state index is -0.581. The fourth-order valence-corrected chi connectivity index (χ4v) is 3.24. The first-order chi connectivity index (χ1) is 14.4. The number of para-hydroxylation sites is 1. The number of hydrogen-bond donors (Lipinski definition) is 3. The van der Waals surface area contributed by atoms with Crippen molar-refractivity contribution in [3.63, 3.8) is 0 Å². The number of carbonyl (C=O) groups is 2. The predicted molar refractivity (Wildman–Crippen MR) is 113 cm³/mol. The monoisotopic (exact) mass is 400 g/mol. The van der Waals surface area contributed by atoms with Crippen molar-refractivity contribution in [1.29, 1.82) is 0 Å². The molecule has 148 valence electrons. The number of rotatable bonds is 5. The zero-order valence-corrected chi connectivity index (χ0v) is 15.6. The van der Waals surface area contributed by atoms with Crippen LogP contribution in [0.1, 0.15) is 20.7 Å². The summed E-state index contributed by atoms with van der Waals surface area (Å²) in [6.45, 7) is 0. The number of fused-ring (bicyclic) bond motifs is 1. The lowest BCUT2D eigenvalue weighted by Crippen LogP contribution is -2.29. The number of Topliss-reactive ketones (excluding diaryl/α,β-unsaturated/α-hetero) is 2. The maximum absolute atomic E-state index is 13.2. The summed E-state index contributed by atoms with van der Waals surface area (Å²) in [6.07, 6.45) is 0. The molecule has 0 amide bonds. The summed E-state index contributed by atoms with van der Waals surface area (Å²) in [4.78, 5) is 36.9. The van der Waals surface area contributed by atoms with Crippen molar-refractivity contribution in [1.82, 2.24) is 0 Å². The standard InChI is InChI=1S/C22H16N4O4/c23-13-10-15(12-16(11-13)26(29)30)25-20-19(24-14-6-2-1-3-7-14)21(27)17-8-4-5-9-18(17)22(20)28/h1-12,24-25H,23H2. The third-order valence-corrected chi connectivity index (χ3v) is 4.58. The molecule has 0 bridgehead atoms. The molecular formula is C22H16N4O4. The van der Waals surface area contributed by atoms with Gasteiger partial charge in [0.2, 0.25) is 11.6 Å². The molecule has 3 aromatic carbocycles. The number of allylic oxidation sites excluding steroid dienone is 2. The highest BCUT2D eigenvalue weighted by molar-refractivity contribution is 6.28. The SMILES string of the molecule is Nc1cc(NC2=C(Nc3ccccc3)C(=O)c3ccccc3C2=O)cc([N+](=O)[O-])c1. The van der Waals surface area contributed by atoms with Gasteiger partial charge in [0.25, 0.3) is 5.69 Å². The molecule has 30 heavy (non-hydrogen) atoms. The first-order valence-electron chi connectivity index (χ1n) is 9.01. The summed E-state index contributed by atoms with van der Waals surface area (Å²) in [6, 6.07) is 19.4. The van der Waals surface area contributed by atoms with Crippen LogP contribution in [0.3, 0.4) is 0 Å². The van der Waals surface area contributed by atoms with Gasteiger partial charge in [0.1, 0.15) is 11.4 Å². The smallest absolute Gasteiger partial charge is 0.273 e. The molecule has 3 aromatic rings. The van der Waals surface area contributed by atoms with Gasteiger partial charge in [-0.15, -0.1) is 0 Å². The van der Waals surface area contributed by atoms with Crippen LogP contribution in [0.4, 0.5) is 22.7 Å². The number of hydrogen-bond acceptors (Lipinski definition) is 7. The van der Waals surface area contributed by atoms with E-state index in [-0.39, 0.29) is 45.4 Å². The number of non-ortho nitro benzene ring substituents is 1.